The summed E-state index contributed by atoms with van der Waals surface area (Å²) in [6, 6.07) is 12.7. The van der Waals surface area contributed by atoms with Crippen molar-refractivity contribution in [3.05, 3.63) is 64.4 Å². The number of hydrogen-bond donors (Lipinski definition) is 0. The van der Waals surface area contributed by atoms with E-state index >= 15 is 0 Å². The van der Waals surface area contributed by atoms with E-state index in [2.05, 4.69) is 4.90 Å². The summed E-state index contributed by atoms with van der Waals surface area (Å²) in [5.41, 5.74) is 2.27. The van der Waals surface area contributed by atoms with Gasteiger partial charge < -0.3 is 9.80 Å². The van der Waals surface area contributed by atoms with Crippen LogP contribution < -0.4 is 4.90 Å². The first-order valence-electron chi connectivity index (χ1n) is 9.67. The molecule has 0 N–H and O–H groups in total. The molecule has 2 aliphatic heterocycles. The number of anilines is 1. The SMILES string of the molecule is O=C(c1cccc(Cl)c1)N1CC2(CCN(C3CC3)CC2)c2cc(F)ccc21. The molecule has 0 radical (unpaired) electrons. The normalized spacial score (nSPS) is 21.5. The van der Waals surface area contributed by atoms with Gasteiger partial charge in [0.05, 0.1) is 0 Å². The number of hydrogen-bond acceptors (Lipinski definition) is 2. The lowest BCUT2D eigenvalue weighted by atomic mass is 9.74. The monoisotopic (exact) mass is 384 g/mol. The third-order valence-corrected chi connectivity index (χ3v) is 6.65. The minimum atomic E-state index is -0.227. The summed E-state index contributed by atoms with van der Waals surface area (Å²) in [5.74, 6) is -0.290. The Kier molecular flexibility index (Phi) is 4.03. The molecule has 3 aliphatic rings. The molecule has 5 heteroatoms. The first-order valence-corrected chi connectivity index (χ1v) is 10.1. The standard InChI is InChI=1S/C22H22ClFN2O/c23-16-3-1-2-15(12-16)21(27)26-14-22(19-13-17(24)4-7-20(19)26)8-10-25(11-9-22)18-5-6-18/h1-4,7,12-13,18H,5-6,8-11,14H2. The largest absolute Gasteiger partial charge is 0.307 e. The van der Waals surface area contributed by atoms with Crippen molar-refractivity contribution in [3.63, 3.8) is 0 Å². The van der Waals surface area contributed by atoms with Crippen LogP contribution in [0.15, 0.2) is 42.5 Å². The molecule has 1 spiro atoms. The average Bonchev–Trinajstić information content (AvgIpc) is 3.47. The molecule has 0 bridgehead atoms. The molecule has 0 unspecified atom stereocenters. The molecule has 0 aromatic heterocycles. The third kappa shape index (κ3) is 2.95. The van der Waals surface area contributed by atoms with E-state index in [0.29, 0.717) is 17.1 Å². The van der Waals surface area contributed by atoms with Crippen molar-refractivity contribution >= 4 is 23.2 Å². The Bertz CT molecular complexity index is 903. The van der Waals surface area contributed by atoms with Gasteiger partial charge in [-0.15, -0.1) is 0 Å². The molecule has 0 atom stereocenters. The molecule has 5 rings (SSSR count). The minimum Gasteiger partial charge on any atom is -0.307 e. The molecular formula is C22H22ClFN2O. The van der Waals surface area contributed by atoms with Crippen LogP contribution in [0.3, 0.4) is 0 Å². The number of amides is 1. The predicted molar refractivity (Wildman–Crippen MR) is 105 cm³/mol. The summed E-state index contributed by atoms with van der Waals surface area (Å²) in [6.45, 7) is 2.68. The summed E-state index contributed by atoms with van der Waals surface area (Å²) >= 11 is 6.08. The lowest BCUT2D eigenvalue weighted by Gasteiger charge is -2.40. The third-order valence-electron chi connectivity index (χ3n) is 6.42. The maximum absolute atomic E-state index is 14.1. The highest BCUT2D eigenvalue weighted by molar-refractivity contribution is 6.31. The van der Waals surface area contributed by atoms with Crippen LogP contribution in [0.5, 0.6) is 0 Å². The number of likely N-dealkylation sites (tertiary alicyclic amines) is 1. The van der Waals surface area contributed by atoms with Crippen molar-refractivity contribution in [2.45, 2.75) is 37.1 Å². The van der Waals surface area contributed by atoms with E-state index in [-0.39, 0.29) is 17.1 Å². The fourth-order valence-electron chi connectivity index (χ4n) is 4.78. The molecule has 1 saturated heterocycles. The Morgan fingerprint density at radius 3 is 2.59 bits per heavy atom. The lowest BCUT2D eigenvalue weighted by molar-refractivity contribution is 0.0975. The Hall–Kier alpha value is -1.91. The van der Waals surface area contributed by atoms with Gasteiger partial charge in [0.1, 0.15) is 5.82 Å². The van der Waals surface area contributed by atoms with Crippen molar-refractivity contribution in [2.24, 2.45) is 0 Å². The van der Waals surface area contributed by atoms with Gasteiger partial charge in [0.15, 0.2) is 0 Å². The molecule has 1 amide bonds. The zero-order chi connectivity index (χ0) is 18.6. The first kappa shape index (κ1) is 17.2. The van der Waals surface area contributed by atoms with Gasteiger partial charge in [-0.1, -0.05) is 17.7 Å². The number of halogens is 2. The van der Waals surface area contributed by atoms with Gasteiger partial charge >= 0.3 is 0 Å². The van der Waals surface area contributed by atoms with Gasteiger partial charge in [-0.25, -0.2) is 4.39 Å². The van der Waals surface area contributed by atoms with E-state index in [4.69, 9.17) is 11.6 Å². The molecule has 2 heterocycles. The van der Waals surface area contributed by atoms with E-state index in [1.165, 1.54) is 18.9 Å². The average molecular weight is 385 g/mol. The highest BCUT2D eigenvalue weighted by atomic mass is 35.5. The molecule has 27 heavy (non-hydrogen) atoms. The van der Waals surface area contributed by atoms with Crippen LogP contribution in [0.1, 0.15) is 41.6 Å². The molecule has 1 aliphatic carbocycles. The highest BCUT2D eigenvalue weighted by Gasteiger charge is 2.48. The van der Waals surface area contributed by atoms with Crippen molar-refractivity contribution in [3.8, 4) is 0 Å². The van der Waals surface area contributed by atoms with Crippen LogP contribution in [-0.4, -0.2) is 36.5 Å². The number of rotatable bonds is 2. The predicted octanol–water partition coefficient (Wildman–Crippen LogP) is 4.64. The smallest absolute Gasteiger partial charge is 0.258 e. The molecule has 1 saturated carbocycles. The fourth-order valence-corrected chi connectivity index (χ4v) is 4.97. The van der Waals surface area contributed by atoms with Crippen LogP contribution in [0, 0.1) is 5.82 Å². The summed E-state index contributed by atoms with van der Waals surface area (Å²) in [6.07, 6.45) is 4.55. The van der Waals surface area contributed by atoms with Crippen LogP contribution in [0.2, 0.25) is 5.02 Å². The van der Waals surface area contributed by atoms with Crippen LogP contribution in [0.4, 0.5) is 10.1 Å². The number of nitrogens with zero attached hydrogens (tertiary/aromatic N) is 2. The van der Waals surface area contributed by atoms with E-state index in [0.717, 1.165) is 43.2 Å². The molecule has 2 aromatic carbocycles. The fraction of sp³-hybridized carbons (Fsp3) is 0.409. The topological polar surface area (TPSA) is 23.6 Å². The van der Waals surface area contributed by atoms with Gasteiger partial charge in [0.2, 0.25) is 0 Å². The minimum absolute atomic E-state index is 0.0631. The van der Waals surface area contributed by atoms with Crippen molar-refractivity contribution in [1.82, 2.24) is 4.90 Å². The highest BCUT2D eigenvalue weighted by Crippen LogP contribution is 2.48. The summed E-state index contributed by atoms with van der Waals surface area (Å²) in [5, 5.41) is 0.548. The van der Waals surface area contributed by atoms with E-state index in [1.54, 1.807) is 36.4 Å². The van der Waals surface area contributed by atoms with Gasteiger partial charge in [-0.2, -0.15) is 0 Å². The number of piperidine rings is 1. The van der Waals surface area contributed by atoms with Crippen molar-refractivity contribution in [1.29, 1.82) is 0 Å². The van der Waals surface area contributed by atoms with E-state index in [1.807, 2.05) is 4.90 Å². The Labute approximate surface area is 163 Å². The zero-order valence-corrected chi connectivity index (χ0v) is 15.9. The van der Waals surface area contributed by atoms with Gasteiger partial charge in [-0.05, 0) is 80.7 Å². The van der Waals surface area contributed by atoms with Crippen LogP contribution in [0.25, 0.3) is 0 Å². The van der Waals surface area contributed by atoms with Gasteiger partial charge in [0, 0.05) is 34.3 Å². The quantitative estimate of drug-likeness (QED) is 0.753. The summed E-state index contributed by atoms with van der Waals surface area (Å²) < 4.78 is 14.1. The molecule has 140 valence electrons. The second kappa shape index (κ2) is 6.32. The van der Waals surface area contributed by atoms with Crippen molar-refractivity contribution < 1.29 is 9.18 Å². The van der Waals surface area contributed by atoms with Crippen molar-refractivity contribution in [2.75, 3.05) is 24.5 Å². The second-order valence-electron chi connectivity index (χ2n) is 8.11. The first-order chi connectivity index (χ1) is 13.1. The molecular weight excluding hydrogens is 363 g/mol. The summed E-state index contributed by atoms with van der Waals surface area (Å²) in [7, 11) is 0. The molecule has 2 fully saturated rings. The van der Waals surface area contributed by atoms with Gasteiger partial charge in [0.25, 0.3) is 5.91 Å². The molecule has 3 nitrogen and oxygen atoms in total. The number of fused-ring (bicyclic) bond motifs is 2. The maximum atomic E-state index is 14.1. The Balaban J connectivity index is 1.49. The van der Waals surface area contributed by atoms with Gasteiger partial charge in [-0.3, -0.25) is 4.79 Å². The van der Waals surface area contributed by atoms with E-state index < -0.39 is 0 Å². The molecule has 2 aromatic rings. The van der Waals surface area contributed by atoms with Crippen LogP contribution in [-0.2, 0) is 5.41 Å². The Morgan fingerprint density at radius 2 is 1.89 bits per heavy atom. The number of benzene rings is 2. The second-order valence-corrected chi connectivity index (χ2v) is 8.55. The maximum Gasteiger partial charge on any atom is 0.258 e. The number of carbonyl (C=O) groups is 1. The van der Waals surface area contributed by atoms with E-state index in [9.17, 15) is 9.18 Å². The van der Waals surface area contributed by atoms with Crippen LogP contribution >= 0.6 is 11.6 Å². The lowest BCUT2D eigenvalue weighted by Crippen LogP contribution is -2.46. The summed E-state index contributed by atoms with van der Waals surface area (Å²) in [4.78, 5) is 17.6. The number of carbonyl (C=O) groups excluding carboxylic acids is 1. The zero-order valence-electron chi connectivity index (χ0n) is 15.1. The Morgan fingerprint density at radius 1 is 1.11 bits per heavy atom.